The summed E-state index contributed by atoms with van der Waals surface area (Å²) >= 11 is 0. The van der Waals surface area contributed by atoms with Gasteiger partial charge in [0, 0.05) is 5.54 Å². The summed E-state index contributed by atoms with van der Waals surface area (Å²) in [5, 5.41) is 3.58. The van der Waals surface area contributed by atoms with E-state index in [4.69, 9.17) is 9.47 Å². The lowest BCUT2D eigenvalue weighted by Crippen LogP contribution is -2.45. The lowest BCUT2D eigenvalue weighted by atomic mass is 9.89. The molecular formula is C28H44ClNO2. The minimum atomic E-state index is -0.352. The second-order valence-corrected chi connectivity index (χ2v) is 10.1. The van der Waals surface area contributed by atoms with Gasteiger partial charge in [0.25, 0.3) is 0 Å². The first kappa shape index (κ1) is 28.5. The molecule has 0 heterocycles. The minimum absolute atomic E-state index is 0. The Morgan fingerprint density at radius 3 is 1.94 bits per heavy atom. The normalized spacial score (nSPS) is 13.7. The molecule has 0 fully saturated rings. The number of aryl methyl sites for hydroxylation is 1. The molecule has 32 heavy (non-hydrogen) atoms. The molecule has 0 aliphatic heterocycles. The van der Waals surface area contributed by atoms with E-state index in [0.717, 1.165) is 18.6 Å². The van der Waals surface area contributed by atoms with Crippen LogP contribution in [0.25, 0.3) is 0 Å². The van der Waals surface area contributed by atoms with Gasteiger partial charge in [-0.2, -0.15) is 0 Å². The fourth-order valence-electron chi connectivity index (χ4n) is 4.20. The Bertz CT molecular complexity index is 818. The monoisotopic (exact) mass is 461 g/mol. The SMILES string of the molecule is Cc1ccc(OC(C)OC(C)NC(C)(C)c2ccccc2)c(CC(C)C)c1CC(C)C.Cl. The second kappa shape index (κ2) is 12.6. The molecule has 0 bridgehead atoms. The molecule has 180 valence electrons. The average Bonchev–Trinajstić information content (AvgIpc) is 2.66. The van der Waals surface area contributed by atoms with Gasteiger partial charge in [-0.3, -0.25) is 5.32 Å². The summed E-state index contributed by atoms with van der Waals surface area (Å²) in [6.45, 7) is 19.7. The van der Waals surface area contributed by atoms with Crippen LogP contribution in [0.1, 0.15) is 77.6 Å². The predicted molar refractivity (Wildman–Crippen MR) is 139 cm³/mol. The lowest BCUT2D eigenvalue weighted by Gasteiger charge is -2.32. The van der Waals surface area contributed by atoms with E-state index < -0.39 is 0 Å². The van der Waals surface area contributed by atoms with Crippen LogP contribution in [0, 0.1) is 18.8 Å². The Morgan fingerprint density at radius 1 is 0.812 bits per heavy atom. The van der Waals surface area contributed by atoms with Crippen LogP contribution in [0.15, 0.2) is 42.5 Å². The third-order valence-corrected chi connectivity index (χ3v) is 5.60. The van der Waals surface area contributed by atoms with Crippen LogP contribution < -0.4 is 10.1 Å². The summed E-state index contributed by atoms with van der Waals surface area (Å²) in [6, 6.07) is 14.8. The lowest BCUT2D eigenvalue weighted by molar-refractivity contribution is -0.119. The van der Waals surface area contributed by atoms with Crippen molar-refractivity contribution in [2.24, 2.45) is 11.8 Å². The zero-order chi connectivity index (χ0) is 23.2. The molecular weight excluding hydrogens is 418 g/mol. The molecule has 0 saturated heterocycles. The molecule has 0 spiro atoms. The van der Waals surface area contributed by atoms with Crippen molar-refractivity contribution in [2.75, 3.05) is 0 Å². The summed E-state index contributed by atoms with van der Waals surface area (Å²) in [5.41, 5.74) is 5.16. The minimum Gasteiger partial charge on any atom is -0.465 e. The van der Waals surface area contributed by atoms with E-state index >= 15 is 0 Å². The van der Waals surface area contributed by atoms with Gasteiger partial charge < -0.3 is 9.47 Å². The molecule has 0 aliphatic rings. The molecule has 0 aromatic heterocycles. The zero-order valence-electron chi connectivity index (χ0n) is 21.5. The van der Waals surface area contributed by atoms with Gasteiger partial charge in [0.1, 0.15) is 12.0 Å². The van der Waals surface area contributed by atoms with Gasteiger partial charge in [-0.15, -0.1) is 12.4 Å². The number of benzene rings is 2. The molecule has 0 radical (unpaired) electrons. The highest BCUT2D eigenvalue weighted by molar-refractivity contribution is 5.85. The molecule has 0 aliphatic carbocycles. The number of hydrogen-bond acceptors (Lipinski definition) is 3. The topological polar surface area (TPSA) is 30.5 Å². The van der Waals surface area contributed by atoms with Crippen molar-refractivity contribution in [3.8, 4) is 5.75 Å². The molecule has 2 aromatic carbocycles. The van der Waals surface area contributed by atoms with E-state index in [2.05, 4.69) is 90.2 Å². The average molecular weight is 462 g/mol. The molecule has 1 N–H and O–H groups in total. The van der Waals surface area contributed by atoms with Crippen LogP contribution in [-0.4, -0.2) is 12.5 Å². The Hall–Kier alpha value is -1.55. The quantitative estimate of drug-likeness (QED) is 0.353. The first-order chi connectivity index (χ1) is 14.5. The highest BCUT2D eigenvalue weighted by atomic mass is 35.5. The van der Waals surface area contributed by atoms with Crippen molar-refractivity contribution in [1.29, 1.82) is 0 Å². The molecule has 4 heteroatoms. The third kappa shape index (κ3) is 8.42. The van der Waals surface area contributed by atoms with Gasteiger partial charge in [0.2, 0.25) is 0 Å². The Morgan fingerprint density at radius 2 is 1.38 bits per heavy atom. The number of ether oxygens (including phenoxy) is 2. The Balaban J connectivity index is 0.00000512. The van der Waals surface area contributed by atoms with Crippen LogP contribution in [0.3, 0.4) is 0 Å². The summed E-state index contributed by atoms with van der Waals surface area (Å²) in [7, 11) is 0. The first-order valence-electron chi connectivity index (χ1n) is 11.8. The van der Waals surface area contributed by atoms with Crippen molar-refractivity contribution in [3.05, 3.63) is 64.7 Å². The molecule has 2 atom stereocenters. The highest BCUT2D eigenvalue weighted by Crippen LogP contribution is 2.31. The van der Waals surface area contributed by atoms with Crippen LogP contribution in [0.2, 0.25) is 0 Å². The van der Waals surface area contributed by atoms with Gasteiger partial charge in [-0.05, 0) is 87.6 Å². The number of hydrogen-bond donors (Lipinski definition) is 1. The molecule has 2 aromatic rings. The molecule has 0 amide bonds. The summed E-state index contributed by atoms with van der Waals surface area (Å²) in [5.74, 6) is 2.13. The Kier molecular flexibility index (Phi) is 11.2. The van der Waals surface area contributed by atoms with Crippen LogP contribution >= 0.6 is 12.4 Å². The van der Waals surface area contributed by atoms with Crippen molar-refractivity contribution < 1.29 is 9.47 Å². The summed E-state index contributed by atoms with van der Waals surface area (Å²) in [6.07, 6.45) is 1.58. The van der Waals surface area contributed by atoms with Gasteiger partial charge in [0.15, 0.2) is 6.29 Å². The van der Waals surface area contributed by atoms with E-state index in [0.29, 0.717) is 11.8 Å². The van der Waals surface area contributed by atoms with Gasteiger partial charge in [-0.25, -0.2) is 0 Å². The fraction of sp³-hybridized carbons (Fsp3) is 0.571. The zero-order valence-corrected chi connectivity index (χ0v) is 22.3. The van der Waals surface area contributed by atoms with E-state index in [1.807, 2.05) is 19.9 Å². The number of halogens is 1. The smallest absolute Gasteiger partial charge is 0.198 e. The van der Waals surface area contributed by atoms with Gasteiger partial charge >= 0.3 is 0 Å². The van der Waals surface area contributed by atoms with Crippen molar-refractivity contribution in [2.45, 2.75) is 93.2 Å². The molecule has 2 rings (SSSR count). The van der Waals surface area contributed by atoms with Gasteiger partial charge in [0.05, 0.1) is 0 Å². The largest absolute Gasteiger partial charge is 0.465 e. The van der Waals surface area contributed by atoms with E-state index in [1.165, 1.54) is 22.3 Å². The van der Waals surface area contributed by atoms with Crippen molar-refractivity contribution in [1.82, 2.24) is 5.32 Å². The van der Waals surface area contributed by atoms with Gasteiger partial charge in [-0.1, -0.05) is 64.1 Å². The Labute approximate surface area is 202 Å². The third-order valence-electron chi connectivity index (χ3n) is 5.60. The molecule has 3 nitrogen and oxygen atoms in total. The molecule has 2 unspecified atom stereocenters. The standard InChI is InChI=1S/C28H43NO2.ClH/c1-19(2)17-25-21(5)15-16-27(26(25)18-20(3)4)31-23(7)30-22(6)29-28(8,9)24-13-11-10-12-14-24;/h10-16,19-20,22-23,29H,17-18H2,1-9H3;1H. The van der Waals surface area contributed by atoms with Crippen LogP contribution in [-0.2, 0) is 23.1 Å². The maximum absolute atomic E-state index is 6.35. The fourth-order valence-corrected chi connectivity index (χ4v) is 4.20. The van der Waals surface area contributed by atoms with Crippen LogP contribution in [0.4, 0.5) is 0 Å². The molecule has 0 saturated carbocycles. The van der Waals surface area contributed by atoms with E-state index in [9.17, 15) is 0 Å². The maximum atomic E-state index is 6.35. The van der Waals surface area contributed by atoms with Crippen molar-refractivity contribution >= 4 is 12.4 Å². The number of rotatable bonds is 11. The van der Waals surface area contributed by atoms with E-state index in [1.54, 1.807) is 0 Å². The van der Waals surface area contributed by atoms with Crippen LogP contribution in [0.5, 0.6) is 5.75 Å². The maximum Gasteiger partial charge on any atom is 0.198 e. The highest BCUT2D eigenvalue weighted by Gasteiger charge is 2.24. The predicted octanol–water partition coefficient (Wildman–Crippen LogP) is 7.43. The van der Waals surface area contributed by atoms with Crippen molar-refractivity contribution in [3.63, 3.8) is 0 Å². The summed E-state index contributed by atoms with van der Waals surface area (Å²) in [4.78, 5) is 0. The second-order valence-electron chi connectivity index (χ2n) is 10.1. The first-order valence-corrected chi connectivity index (χ1v) is 11.8. The summed E-state index contributed by atoms with van der Waals surface area (Å²) < 4.78 is 12.5. The number of nitrogens with one attached hydrogen (secondary N) is 1. The van der Waals surface area contributed by atoms with E-state index in [-0.39, 0.29) is 30.5 Å².